The molecule has 1 amide bonds. The summed E-state index contributed by atoms with van der Waals surface area (Å²) in [5.41, 5.74) is 2.69. The highest BCUT2D eigenvalue weighted by Crippen LogP contribution is 2.43. The second-order valence-electron chi connectivity index (χ2n) is 8.30. The van der Waals surface area contributed by atoms with Crippen molar-refractivity contribution in [3.63, 3.8) is 0 Å². The molecule has 2 fully saturated rings. The summed E-state index contributed by atoms with van der Waals surface area (Å²) in [5, 5.41) is 4.75. The van der Waals surface area contributed by atoms with Crippen LogP contribution >= 0.6 is 11.6 Å². The van der Waals surface area contributed by atoms with Crippen molar-refractivity contribution in [2.75, 3.05) is 0 Å². The van der Waals surface area contributed by atoms with Gasteiger partial charge in [-0.15, -0.1) is 0 Å². The largest absolute Gasteiger partial charge is 0.454 e. The first-order chi connectivity index (χ1) is 14.1. The quantitative estimate of drug-likeness (QED) is 0.606. The average molecular weight is 410 g/mol. The van der Waals surface area contributed by atoms with E-state index >= 15 is 0 Å². The molecule has 0 saturated carbocycles. The summed E-state index contributed by atoms with van der Waals surface area (Å²) < 4.78 is 7.57. The third-order valence-electron chi connectivity index (χ3n) is 6.31. The fourth-order valence-electron chi connectivity index (χ4n) is 4.91. The second-order valence-corrected chi connectivity index (χ2v) is 8.73. The lowest BCUT2D eigenvalue weighted by Crippen LogP contribution is -2.45. The van der Waals surface area contributed by atoms with Crippen molar-refractivity contribution in [2.45, 2.75) is 57.2 Å². The highest BCUT2D eigenvalue weighted by molar-refractivity contribution is 6.30. The number of hydrogen-bond donors (Lipinski definition) is 0. The van der Waals surface area contributed by atoms with Crippen LogP contribution in [0.15, 0.2) is 53.2 Å². The van der Waals surface area contributed by atoms with E-state index in [9.17, 15) is 4.79 Å². The number of nitrogens with zero attached hydrogens (tertiary/aromatic N) is 3. The van der Waals surface area contributed by atoms with E-state index in [2.05, 4.69) is 41.2 Å². The van der Waals surface area contributed by atoms with E-state index < -0.39 is 0 Å². The summed E-state index contributed by atoms with van der Waals surface area (Å²) in [6, 6.07) is 13.1. The van der Waals surface area contributed by atoms with Gasteiger partial charge in [-0.3, -0.25) is 9.48 Å². The molecular weight excluding hydrogens is 386 g/mol. The average Bonchev–Trinajstić information content (AvgIpc) is 3.41. The van der Waals surface area contributed by atoms with Gasteiger partial charge < -0.3 is 9.32 Å². The van der Waals surface area contributed by atoms with Crippen molar-refractivity contribution in [1.82, 2.24) is 14.7 Å². The molecule has 0 N–H and O–H groups in total. The van der Waals surface area contributed by atoms with Crippen LogP contribution in [0.5, 0.6) is 0 Å². The monoisotopic (exact) mass is 409 g/mol. The first-order valence-corrected chi connectivity index (χ1v) is 10.6. The molecule has 29 heavy (non-hydrogen) atoms. The molecular formula is C23H24ClN3O2. The Morgan fingerprint density at radius 3 is 2.52 bits per heavy atom. The van der Waals surface area contributed by atoms with Gasteiger partial charge in [-0.05, 0) is 56.2 Å². The van der Waals surface area contributed by atoms with E-state index in [1.165, 1.54) is 11.1 Å². The molecule has 2 aromatic heterocycles. The SMILES string of the molecule is Cc1ccc(C2C[C@H]3CC[C@@H](C2)N3C(=O)c2ccc(Cn3cc(Cl)cn3)o2)cc1. The first-order valence-electron chi connectivity index (χ1n) is 10.2. The summed E-state index contributed by atoms with van der Waals surface area (Å²) in [4.78, 5) is 15.3. The number of hydrogen-bond acceptors (Lipinski definition) is 3. The highest BCUT2D eigenvalue weighted by atomic mass is 35.5. The van der Waals surface area contributed by atoms with Crippen molar-refractivity contribution in [3.8, 4) is 0 Å². The van der Waals surface area contributed by atoms with Gasteiger partial charge in [-0.1, -0.05) is 41.4 Å². The maximum Gasteiger partial charge on any atom is 0.290 e. The fourth-order valence-corrected chi connectivity index (χ4v) is 5.07. The standard InChI is InChI=1S/C23H24ClN3O2/c1-15-2-4-16(5-3-15)17-10-19-6-7-20(11-17)27(19)23(28)22-9-8-21(29-22)14-26-13-18(24)12-25-26/h2-5,8-9,12-13,17,19-20H,6-7,10-11,14H2,1H3/t17?,19-,20+. The van der Waals surface area contributed by atoms with E-state index in [0.717, 1.165) is 25.7 Å². The van der Waals surface area contributed by atoms with E-state index in [1.807, 2.05) is 6.07 Å². The molecule has 2 saturated heterocycles. The zero-order chi connectivity index (χ0) is 20.0. The van der Waals surface area contributed by atoms with Gasteiger partial charge in [0, 0.05) is 18.3 Å². The van der Waals surface area contributed by atoms with Gasteiger partial charge in [0.25, 0.3) is 5.91 Å². The Hall–Kier alpha value is -2.53. The zero-order valence-corrected chi connectivity index (χ0v) is 17.2. The van der Waals surface area contributed by atoms with Crippen molar-refractivity contribution in [2.24, 2.45) is 0 Å². The molecule has 2 aliphatic heterocycles. The Morgan fingerprint density at radius 2 is 1.86 bits per heavy atom. The number of benzene rings is 1. The predicted molar refractivity (Wildman–Crippen MR) is 111 cm³/mol. The Labute approximate surface area is 175 Å². The molecule has 2 bridgehead atoms. The van der Waals surface area contributed by atoms with Gasteiger partial charge in [0.15, 0.2) is 5.76 Å². The minimum Gasteiger partial charge on any atom is -0.454 e. The molecule has 5 nitrogen and oxygen atoms in total. The molecule has 6 heteroatoms. The van der Waals surface area contributed by atoms with Crippen LogP contribution in [-0.4, -0.2) is 32.7 Å². The van der Waals surface area contributed by atoms with Crippen LogP contribution in [0.2, 0.25) is 5.02 Å². The smallest absolute Gasteiger partial charge is 0.290 e. The number of halogens is 1. The lowest BCUT2D eigenvalue weighted by Gasteiger charge is -2.38. The third-order valence-corrected chi connectivity index (χ3v) is 6.50. The van der Waals surface area contributed by atoms with Crippen molar-refractivity contribution < 1.29 is 9.21 Å². The van der Waals surface area contributed by atoms with Crippen LogP contribution in [0.25, 0.3) is 0 Å². The molecule has 0 spiro atoms. The number of carbonyl (C=O) groups is 1. The van der Waals surface area contributed by atoms with Crippen LogP contribution in [0.3, 0.4) is 0 Å². The van der Waals surface area contributed by atoms with Gasteiger partial charge >= 0.3 is 0 Å². The summed E-state index contributed by atoms with van der Waals surface area (Å²) in [6.07, 6.45) is 7.56. The number of piperidine rings is 1. The van der Waals surface area contributed by atoms with Gasteiger partial charge in [-0.2, -0.15) is 5.10 Å². The Morgan fingerprint density at radius 1 is 1.14 bits per heavy atom. The molecule has 4 heterocycles. The Bertz CT molecular complexity index is 1010. The fraction of sp³-hybridized carbons (Fsp3) is 0.391. The maximum atomic E-state index is 13.2. The summed E-state index contributed by atoms with van der Waals surface area (Å²) in [7, 11) is 0. The van der Waals surface area contributed by atoms with Gasteiger partial charge in [-0.25, -0.2) is 0 Å². The minimum absolute atomic E-state index is 0.0182. The van der Waals surface area contributed by atoms with E-state index in [-0.39, 0.29) is 5.91 Å². The number of carbonyl (C=O) groups excluding carboxylic acids is 1. The number of aryl methyl sites for hydroxylation is 1. The van der Waals surface area contributed by atoms with Crippen LogP contribution < -0.4 is 0 Å². The molecule has 1 unspecified atom stereocenters. The topological polar surface area (TPSA) is 51.3 Å². The van der Waals surface area contributed by atoms with Crippen molar-refractivity contribution >= 4 is 17.5 Å². The molecule has 0 radical (unpaired) electrons. The van der Waals surface area contributed by atoms with Crippen LogP contribution in [0.1, 0.15) is 59.0 Å². The molecule has 150 valence electrons. The number of furan rings is 1. The number of aromatic nitrogens is 2. The lowest BCUT2D eigenvalue weighted by atomic mass is 9.84. The Kier molecular flexibility index (Phi) is 4.70. The van der Waals surface area contributed by atoms with E-state index in [4.69, 9.17) is 16.0 Å². The predicted octanol–water partition coefficient (Wildman–Crippen LogP) is 5.04. The summed E-state index contributed by atoms with van der Waals surface area (Å²) in [5.74, 6) is 1.68. The highest BCUT2D eigenvalue weighted by Gasteiger charge is 2.44. The van der Waals surface area contributed by atoms with Crippen LogP contribution in [0, 0.1) is 6.92 Å². The lowest BCUT2D eigenvalue weighted by molar-refractivity contribution is 0.0537. The van der Waals surface area contributed by atoms with E-state index in [0.29, 0.717) is 41.1 Å². The number of rotatable bonds is 4. The summed E-state index contributed by atoms with van der Waals surface area (Å²) >= 11 is 5.91. The van der Waals surface area contributed by atoms with Gasteiger partial charge in [0.1, 0.15) is 5.76 Å². The van der Waals surface area contributed by atoms with Crippen LogP contribution in [0.4, 0.5) is 0 Å². The second kappa shape index (κ2) is 7.38. The number of amides is 1. The molecule has 5 rings (SSSR count). The minimum atomic E-state index is 0.0182. The molecule has 0 aliphatic carbocycles. The third kappa shape index (κ3) is 3.60. The van der Waals surface area contributed by atoms with E-state index in [1.54, 1.807) is 23.1 Å². The molecule has 3 aromatic rings. The van der Waals surface area contributed by atoms with Crippen molar-refractivity contribution in [1.29, 1.82) is 0 Å². The first kappa shape index (κ1) is 18.5. The summed E-state index contributed by atoms with van der Waals surface area (Å²) in [6.45, 7) is 2.58. The normalized spacial score (nSPS) is 23.5. The maximum absolute atomic E-state index is 13.2. The van der Waals surface area contributed by atoms with Gasteiger partial charge in [0.05, 0.1) is 17.8 Å². The number of fused-ring (bicyclic) bond motifs is 2. The zero-order valence-electron chi connectivity index (χ0n) is 16.4. The molecule has 3 atom stereocenters. The van der Waals surface area contributed by atoms with Crippen molar-refractivity contribution in [3.05, 3.63) is 76.5 Å². The van der Waals surface area contributed by atoms with Gasteiger partial charge in [0.2, 0.25) is 0 Å². The molecule has 1 aromatic carbocycles. The van der Waals surface area contributed by atoms with Crippen LogP contribution in [-0.2, 0) is 6.54 Å². The Balaban J connectivity index is 1.29. The molecule has 2 aliphatic rings.